The van der Waals surface area contributed by atoms with Crippen LogP contribution in [-0.2, 0) is 16.6 Å². The van der Waals surface area contributed by atoms with Crippen LogP contribution in [0.15, 0.2) is 40.6 Å². The monoisotopic (exact) mass is 326 g/mol. The molecule has 0 unspecified atom stereocenters. The lowest BCUT2D eigenvalue weighted by Gasteiger charge is -2.07. The summed E-state index contributed by atoms with van der Waals surface area (Å²) in [5.41, 5.74) is 7.21. The van der Waals surface area contributed by atoms with Crippen molar-refractivity contribution in [3.05, 3.63) is 51.7 Å². The maximum Gasteiger partial charge on any atom is 0.240 e. The van der Waals surface area contributed by atoms with Crippen molar-refractivity contribution >= 4 is 38.6 Å². The second kappa shape index (κ2) is 6.01. The summed E-state index contributed by atoms with van der Waals surface area (Å²) in [6.45, 7) is 2.25. The summed E-state index contributed by atoms with van der Waals surface area (Å²) in [6, 6.07) is 8.17. The number of nitrogens with one attached hydrogen (secondary N) is 1. The first-order chi connectivity index (χ1) is 9.40. The fourth-order valence-corrected chi connectivity index (χ4v) is 3.70. The molecule has 0 spiro atoms. The molecule has 3 N–H and O–H groups in total. The van der Waals surface area contributed by atoms with E-state index in [0.29, 0.717) is 12.1 Å². The molecular weight excluding hydrogens is 312 g/mol. The Morgan fingerprint density at radius 3 is 2.45 bits per heavy atom. The number of benzene rings is 1. The van der Waals surface area contributed by atoms with Crippen LogP contribution in [0.2, 0.25) is 0 Å². The normalized spacial score (nSPS) is 11.4. The van der Waals surface area contributed by atoms with Crippen molar-refractivity contribution in [2.45, 2.75) is 18.4 Å². The molecule has 2 rings (SSSR count). The average molecular weight is 326 g/mol. The van der Waals surface area contributed by atoms with Gasteiger partial charge in [0, 0.05) is 17.0 Å². The van der Waals surface area contributed by atoms with Crippen molar-refractivity contribution in [1.82, 2.24) is 4.72 Å². The van der Waals surface area contributed by atoms with Gasteiger partial charge >= 0.3 is 0 Å². The number of sulfonamides is 1. The van der Waals surface area contributed by atoms with Gasteiger partial charge in [-0.15, -0.1) is 11.3 Å². The van der Waals surface area contributed by atoms with Gasteiger partial charge in [0.05, 0.1) is 4.90 Å². The Morgan fingerprint density at radius 1 is 1.30 bits per heavy atom. The highest BCUT2D eigenvalue weighted by Gasteiger charge is 2.14. The average Bonchev–Trinajstić information content (AvgIpc) is 2.82. The van der Waals surface area contributed by atoms with Crippen molar-refractivity contribution in [3.8, 4) is 0 Å². The van der Waals surface area contributed by atoms with Gasteiger partial charge in [0.1, 0.15) is 4.99 Å². The van der Waals surface area contributed by atoms with Gasteiger partial charge in [-0.2, -0.15) is 0 Å². The Bertz CT molecular complexity index is 718. The fourth-order valence-electron chi connectivity index (χ4n) is 1.63. The predicted molar refractivity (Wildman–Crippen MR) is 85.4 cm³/mol. The van der Waals surface area contributed by atoms with Crippen LogP contribution in [0.5, 0.6) is 0 Å². The van der Waals surface area contributed by atoms with Crippen LogP contribution in [0, 0.1) is 6.92 Å². The molecule has 106 valence electrons. The topological polar surface area (TPSA) is 72.2 Å². The van der Waals surface area contributed by atoms with Gasteiger partial charge in [-0.1, -0.05) is 24.4 Å². The number of hydrogen-bond acceptors (Lipinski definition) is 4. The van der Waals surface area contributed by atoms with Crippen molar-refractivity contribution < 1.29 is 8.42 Å². The molecule has 0 aliphatic heterocycles. The summed E-state index contributed by atoms with van der Waals surface area (Å²) in [7, 11) is -3.52. The van der Waals surface area contributed by atoms with Crippen molar-refractivity contribution in [1.29, 1.82) is 0 Å². The van der Waals surface area contributed by atoms with Crippen LogP contribution >= 0.6 is 23.6 Å². The van der Waals surface area contributed by atoms with Gasteiger partial charge in [-0.05, 0) is 36.1 Å². The molecule has 0 saturated carbocycles. The molecule has 0 aliphatic carbocycles. The minimum absolute atomic E-state index is 0.201. The zero-order valence-electron chi connectivity index (χ0n) is 10.8. The van der Waals surface area contributed by atoms with E-state index in [2.05, 4.69) is 4.72 Å². The molecule has 0 fully saturated rings. The lowest BCUT2D eigenvalue weighted by molar-refractivity contribution is 0.581. The molecule has 0 aliphatic rings. The van der Waals surface area contributed by atoms with E-state index in [9.17, 15) is 8.42 Å². The second-order valence-corrected chi connectivity index (χ2v) is 7.45. The molecule has 0 bridgehead atoms. The summed E-state index contributed by atoms with van der Waals surface area (Å²) < 4.78 is 26.9. The lowest BCUT2D eigenvalue weighted by atomic mass is 10.2. The van der Waals surface area contributed by atoms with Gasteiger partial charge in [0.15, 0.2) is 0 Å². The zero-order chi connectivity index (χ0) is 14.8. The molecule has 1 aromatic heterocycles. The van der Waals surface area contributed by atoms with Crippen molar-refractivity contribution in [3.63, 3.8) is 0 Å². The highest BCUT2D eigenvalue weighted by molar-refractivity contribution is 7.89. The molecule has 20 heavy (non-hydrogen) atoms. The Balaban J connectivity index is 2.14. The minimum Gasteiger partial charge on any atom is -0.389 e. The zero-order valence-corrected chi connectivity index (χ0v) is 13.2. The van der Waals surface area contributed by atoms with E-state index in [1.807, 2.05) is 18.4 Å². The number of nitrogens with two attached hydrogens (primary N) is 1. The van der Waals surface area contributed by atoms with Crippen LogP contribution in [0.25, 0.3) is 0 Å². The number of aryl methyl sites for hydroxylation is 1. The molecule has 0 atom stereocenters. The largest absolute Gasteiger partial charge is 0.389 e. The highest BCUT2D eigenvalue weighted by atomic mass is 32.2. The van der Waals surface area contributed by atoms with Crippen molar-refractivity contribution in [2.24, 2.45) is 5.73 Å². The number of hydrogen-bond donors (Lipinski definition) is 2. The van der Waals surface area contributed by atoms with E-state index >= 15 is 0 Å². The van der Waals surface area contributed by atoms with E-state index in [1.165, 1.54) is 23.5 Å². The Morgan fingerprint density at radius 2 is 1.95 bits per heavy atom. The molecule has 1 aromatic carbocycles. The van der Waals surface area contributed by atoms with E-state index in [0.717, 1.165) is 10.4 Å². The van der Waals surface area contributed by atoms with E-state index in [1.54, 1.807) is 12.1 Å². The third-order valence-corrected chi connectivity index (χ3v) is 5.52. The summed E-state index contributed by atoms with van der Waals surface area (Å²) in [4.78, 5) is 1.45. The van der Waals surface area contributed by atoms with Crippen LogP contribution in [0.1, 0.15) is 16.0 Å². The fraction of sp³-hybridized carbons (Fsp3) is 0.154. The van der Waals surface area contributed by atoms with E-state index in [4.69, 9.17) is 18.0 Å². The Hall–Kier alpha value is -1.28. The molecule has 7 heteroatoms. The minimum atomic E-state index is -3.52. The van der Waals surface area contributed by atoms with Gasteiger partial charge < -0.3 is 5.73 Å². The summed E-state index contributed by atoms with van der Waals surface area (Å²) in [6.07, 6.45) is 0. The van der Waals surface area contributed by atoms with Crippen LogP contribution in [0.4, 0.5) is 0 Å². The molecule has 1 heterocycles. The summed E-state index contributed by atoms with van der Waals surface area (Å²) in [5.74, 6) is 0. The Labute approximate surface area is 127 Å². The first kappa shape index (κ1) is 15.1. The van der Waals surface area contributed by atoms with Crippen molar-refractivity contribution in [2.75, 3.05) is 0 Å². The summed E-state index contributed by atoms with van der Waals surface area (Å²) >= 11 is 6.36. The first-order valence-corrected chi connectivity index (χ1v) is 8.60. The number of thiophene rings is 1. The van der Waals surface area contributed by atoms with Gasteiger partial charge in [0.25, 0.3) is 0 Å². The third kappa shape index (κ3) is 3.43. The molecule has 0 amide bonds. The third-order valence-electron chi connectivity index (χ3n) is 2.84. The lowest BCUT2D eigenvalue weighted by Crippen LogP contribution is -2.23. The van der Waals surface area contributed by atoms with E-state index < -0.39 is 10.0 Å². The smallest absolute Gasteiger partial charge is 0.240 e. The summed E-state index contributed by atoms with van der Waals surface area (Å²) in [5, 5.41) is 1.94. The number of thiocarbonyl (C=S) groups is 1. The highest BCUT2D eigenvalue weighted by Crippen LogP contribution is 2.17. The Kier molecular flexibility index (Phi) is 4.54. The maximum absolute atomic E-state index is 12.1. The SMILES string of the molecule is Cc1ccsc1CNS(=O)(=O)c1ccc(C(N)=S)cc1. The van der Waals surface area contributed by atoms with E-state index in [-0.39, 0.29) is 9.88 Å². The van der Waals surface area contributed by atoms with Crippen LogP contribution < -0.4 is 10.5 Å². The number of rotatable bonds is 5. The standard InChI is InChI=1S/C13H14N2O2S3/c1-9-6-7-19-12(9)8-15-20(16,17)11-4-2-10(3-5-11)13(14)18/h2-7,15H,8H2,1H3,(H2,14,18). The van der Waals surface area contributed by atoms with Gasteiger partial charge in [0.2, 0.25) is 10.0 Å². The molecule has 2 aromatic rings. The van der Waals surface area contributed by atoms with Crippen LogP contribution in [-0.4, -0.2) is 13.4 Å². The predicted octanol–water partition coefficient (Wildman–Crippen LogP) is 2.17. The molecule has 0 saturated heterocycles. The van der Waals surface area contributed by atoms with Gasteiger partial charge in [-0.3, -0.25) is 0 Å². The quantitative estimate of drug-likeness (QED) is 0.826. The first-order valence-electron chi connectivity index (χ1n) is 5.82. The molecule has 4 nitrogen and oxygen atoms in total. The second-order valence-electron chi connectivity index (χ2n) is 4.24. The molecular formula is C13H14N2O2S3. The maximum atomic E-state index is 12.1. The molecule has 0 radical (unpaired) electrons. The van der Waals surface area contributed by atoms with Crippen LogP contribution in [0.3, 0.4) is 0 Å². The van der Waals surface area contributed by atoms with Gasteiger partial charge in [-0.25, -0.2) is 13.1 Å².